The average molecular weight is 332 g/mol. The van der Waals surface area contributed by atoms with Gasteiger partial charge < -0.3 is 10.1 Å². The fourth-order valence-corrected chi connectivity index (χ4v) is 3.11. The third kappa shape index (κ3) is 8.46. The lowest BCUT2D eigenvalue weighted by Crippen LogP contribution is -2.20. The summed E-state index contributed by atoms with van der Waals surface area (Å²) in [6.45, 7) is 6.77. The molecule has 120 valence electrons. The zero-order valence-corrected chi connectivity index (χ0v) is 14.6. The molecule has 0 aliphatic rings. The number of hydrogen-bond acceptors (Lipinski definition) is 5. The number of hydrogen-bond donors (Lipinski definition) is 1. The number of thioether (sulfide) groups is 1. The Morgan fingerprint density at radius 2 is 1.86 bits per heavy atom. The average Bonchev–Trinajstić information content (AvgIpc) is 2.41. The maximum absolute atomic E-state index is 11.3. The number of nitrogens with one attached hydrogen (secondary N) is 1. The minimum atomic E-state index is -3.10. The summed E-state index contributed by atoms with van der Waals surface area (Å²) in [6.07, 6.45) is 2.55. The number of sulfone groups is 1. The minimum Gasteiger partial charge on any atom is -0.379 e. The predicted molar refractivity (Wildman–Crippen MR) is 88.9 cm³/mol. The number of ether oxygens (including phenoxy) is 1. The molecule has 0 spiro atoms. The van der Waals surface area contributed by atoms with Gasteiger partial charge in [0.2, 0.25) is 0 Å². The molecule has 0 atom stereocenters. The Kier molecular flexibility index (Phi) is 8.33. The molecule has 0 fully saturated rings. The maximum Gasteiger partial charge on any atom is 0.175 e. The van der Waals surface area contributed by atoms with Gasteiger partial charge in [0.25, 0.3) is 0 Å². The maximum atomic E-state index is 11.3. The Hall–Kier alpha value is -0.560. The monoisotopic (exact) mass is 331 g/mol. The molecule has 0 aliphatic carbocycles. The van der Waals surface area contributed by atoms with Crippen LogP contribution in [-0.2, 0) is 14.6 Å². The van der Waals surface area contributed by atoms with Crippen molar-refractivity contribution in [3.63, 3.8) is 0 Å². The van der Waals surface area contributed by atoms with Crippen molar-refractivity contribution in [2.75, 3.05) is 31.7 Å². The van der Waals surface area contributed by atoms with Crippen LogP contribution >= 0.6 is 11.8 Å². The molecule has 1 rings (SSSR count). The molecule has 1 aromatic rings. The molecule has 0 bridgehead atoms. The van der Waals surface area contributed by atoms with E-state index in [1.807, 2.05) is 26.0 Å². The van der Waals surface area contributed by atoms with E-state index in [2.05, 4.69) is 5.32 Å². The Morgan fingerprint density at radius 1 is 1.19 bits per heavy atom. The first kappa shape index (κ1) is 18.5. The lowest BCUT2D eigenvalue weighted by molar-refractivity contribution is 0.0772. The third-order valence-corrected chi connectivity index (χ3v) is 4.89. The quantitative estimate of drug-likeness (QED) is 0.527. The van der Waals surface area contributed by atoms with Crippen LogP contribution in [0, 0.1) is 0 Å². The second-order valence-electron chi connectivity index (χ2n) is 5.12. The van der Waals surface area contributed by atoms with Gasteiger partial charge in [-0.05, 0) is 51.1 Å². The van der Waals surface area contributed by atoms with Crippen molar-refractivity contribution < 1.29 is 13.2 Å². The Labute approximate surface area is 132 Å². The summed E-state index contributed by atoms with van der Waals surface area (Å²) in [5.41, 5.74) is 0. The van der Waals surface area contributed by atoms with Gasteiger partial charge in [0, 0.05) is 30.1 Å². The lowest BCUT2D eigenvalue weighted by atomic mass is 10.4. The molecule has 1 N–H and O–H groups in total. The second kappa shape index (κ2) is 9.46. The van der Waals surface area contributed by atoms with Crippen molar-refractivity contribution in [3.8, 4) is 0 Å². The van der Waals surface area contributed by atoms with Gasteiger partial charge in [0.15, 0.2) is 9.84 Å². The van der Waals surface area contributed by atoms with Gasteiger partial charge in [0.05, 0.1) is 11.0 Å². The van der Waals surface area contributed by atoms with Crippen LogP contribution in [0.2, 0.25) is 0 Å². The second-order valence-corrected chi connectivity index (χ2v) is 8.30. The molecule has 6 heteroatoms. The fourth-order valence-electron chi connectivity index (χ4n) is 1.67. The van der Waals surface area contributed by atoms with E-state index in [1.165, 1.54) is 6.26 Å². The van der Waals surface area contributed by atoms with Gasteiger partial charge in [-0.15, -0.1) is 11.8 Å². The van der Waals surface area contributed by atoms with Gasteiger partial charge in [-0.25, -0.2) is 8.42 Å². The highest BCUT2D eigenvalue weighted by atomic mass is 32.2. The normalized spacial score (nSPS) is 12.0. The third-order valence-electron chi connectivity index (χ3n) is 2.75. The highest BCUT2D eigenvalue weighted by Crippen LogP contribution is 2.19. The number of benzene rings is 1. The SMILES string of the molecule is CC(C)OCCCNCCSc1ccc(S(C)(=O)=O)cc1. The Morgan fingerprint density at radius 3 is 2.43 bits per heavy atom. The summed E-state index contributed by atoms with van der Waals surface area (Å²) in [7, 11) is -3.10. The van der Waals surface area contributed by atoms with E-state index >= 15 is 0 Å². The topological polar surface area (TPSA) is 55.4 Å². The highest BCUT2D eigenvalue weighted by Gasteiger charge is 2.05. The van der Waals surface area contributed by atoms with Crippen LogP contribution in [0.15, 0.2) is 34.1 Å². The molecule has 0 saturated heterocycles. The van der Waals surface area contributed by atoms with Crippen molar-refractivity contribution in [2.24, 2.45) is 0 Å². The van der Waals surface area contributed by atoms with Crippen molar-refractivity contribution in [1.29, 1.82) is 0 Å². The standard InChI is InChI=1S/C15H25NO3S2/c1-13(2)19-11-4-9-16-10-12-20-14-5-7-15(8-6-14)21(3,17)18/h5-8,13,16H,4,9-12H2,1-3H3. The van der Waals surface area contributed by atoms with Gasteiger partial charge in [-0.3, -0.25) is 0 Å². The number of rotatable bonds is 10. The molecule has 0 saturated carbocycles. The summed E-state index contributed by atoms with van der Waals surface area (Å²) in [5.74, 6) is 0.962. The first-order chi connectivity index (χ1) is 9.89. The molecule has 0 radical (unpaired) electrons. The van der Waals surface area contributed by atoms with Gasteiger partial charge in [-0.1, -0.05) is 0 Å². The molecule has 0 heterocycles. The van der Waals surface area contributed by atoms with E-state index in [4.69, 9.17) is 4.74 Å². The van der Waals surface area contributed by atoms with Crippen molar-refractivity contribution in [1.82, 2.24) is 5.32 Å². The van der Waals surface area contributed by atoms with Crippen LogP contribution in [0.25, 0.3) is 0 Å². The zero-order chi connectivity index (χ0) is 15.7. The van der Waals surface area contributed by atoms with Crippen LogP contribution in [0.1, 0.15) is 20.3 Å². The molecule has 21 heavy (non-hydrogen) atoms. The Bertz CT molecular complexity index is 498. The highest BCUT2D eigenvalue weighted by molar-refractivity contribution is 7.99. The van der Waals surface area contributed by atoms with Gasteiger partial charge >= 0.3 is 0 Å². The van der Waals surface area contributed by atoms with Crippen LogP contribution < -0.4 is 5.32 Å². The van der Waals surface area contributed by atoms with E-state index in [1.54, 1.807) is 23.9 Å². The van der Waals surface area contributed by atoms with E-state index in [-0.39, 0.29) is 0 Å². The van der Waals surface area contributed by atoms with Gasteiger partial charge in [0.1, 0.15) is 0 Å². The summed E-state index contributed by atoms with van der Waals surface area (Å²) in [4.78, 5) is 1.46. The molecule has 0 aliphatic heterocycles. The molecule has 0 aromatic heterocycles. The summed E-state index contributed by atoms with van der Waals surface area (Å²) in [6, 6.07) is 7.04. The van der Waals surface area contributed by atoms with Crippen LogP contribution in [0.4, 0.5) is 0 Å². The van der Waals surface area contributed by atoms with Crippen LogP contribution in [0.5, 0.6) is 0 Å². The smallest absolute Gasteiger partial charge is 0.175 e. The summed E-state index contributed by atoms with van der Waals surface area (Å²) < 4.78 is 28.2. The Balaban J connectivity index is 2.13. The van der Waals surface area contributed by atoms with Crippen molar-refractivity contribution in [3.05, 3.63) is 24.3 Å². The van der Waals surface area contributed by atoms with E-state index in [9.17, 15) is 8.42 Å². The molecule has 0 unspecified atom stereocenters. The zero-order valence-electron chi connectivity index (χ0n) is 13.0. The van der Waals surface area contributed by atoms with Crippen LogP contribution in [0.3, 0.4) is 0 Å². The van der Waals surface area contributed by atoms with Crippen molar-refractivity contribution in [2.45, 2.75) is 36.2 Å². The molecular weight excluding hydrogens is 306 g/mol. The molecule has 0 amide bonds. The van der Waals surface area contributed by atoms with E-state index < -0.39 is 9.84 Å². The molecule has 4 nitrogen and oxygen atoms in total. The minimum absolute atomic E-state index is 0.301. The first-order valence-corrected chi connectivity index (χ1v) is 10.0. The van der Waals surface area contributed by atoms with Crippen molar-refractivity contribution >= 4 is 21.6 Å². The van der Waals surface area contributed by atoms with E-state index in [0.29, 0.717) is 11.0 Å². The summed E-state index contributed by atoms with van der Waals surface area (Å²) in [5, 5.41) is 3.37. The summed E-state index contributed by atoms with van der Waals surface area (Å²) >= 11 is 1.72. The molecule has 1 aromatic carbocycles. The predicted octanol–water partition coefficient (Wildman–Crippen LogP) is 2.59. The lowest BCUT2D eigenvalue weighted by Gasteiger charge is -2.08. The van der Waals surface area contributed by atoms with Crippen LogP contribution in [-0.4, -0.2) is 46.2 Å². The first-order valence-electron chi connectivity index (χ1n) is 7.15. The largest absolute Gasteiger partial charge is 0.379 e. The van der Waals surface area contributed by atoms with Gasteiger partial charge in [-0.2, -0.15) is 0 Å². The fraction of sp³-hybridized carbons (Fsp3) is 0.600. The van der Waals surface area contributed by atoms with E-state index in [0.717, 1.165) is 36.8 Å². The molecular formula is C15H25NO3S2.